The molecular weight excluding hydrogens is 232 g/mol. The molecule has 2 amide bonds. The summed E-state index contributed by atoms with van der Waals surface area (Å²) in [6.45, 7) is 11.2. The number of carbonyl (C=O) groups is 2. The Bertz CT molecular complexity index is 315. The maximum Gasteiger partial charge on any atom is 0.329 e. The van der Waals surface area contributed by atoms with E-state index in [2.05, 4.69) is 11.9 Å². The van der Waals surface area contributed by atoms with Crippen LogP contribution in [0, 0.1) is 0 Å². The van der Waals surface area contributed by atoms with Crippen molar-refractivity contribution in [1.82, 2.24) is 10.2 Å². The zero-order valence-electron chi connectivity index (χ0n) is 11.7. The van der Waals surface area contributed by atoms with Crippen LogP contribution in [-0.2, 0) is 4.79 Å². The fourth-order valence-electron chi connectivity index (χ4n) is 1.70. The molecule has 18 heavy (non-hydrogen) atoms. The molecule has 1 atom stereocenters. The van der Waals surface area contributed by atoms with Crippen LogP contribution in [0.2, 0.25) is 0 Å². The van der Waals surface area contributed by atoms with Crippen molar-refractivity contribution >= 4 is 12.0 Å². The highest BCUT2D eigenvalue weighted by Gasteiger charge is 2.35. The molecule has 0 aromatic carbocycles. The standard InChI is InChI=1S/C13H24N2O3/c1-6-8-13(5,11(16)17)14-12(18)15(9-7-2)10(3)4/h7,10H,2,6,8-9H2,1,3-5H3,(H,14,18)(H,16,17). The number of carbonyl (C=O) groups excluding carboxylic acids is 1. The lowest BCUT2D eigenvalue weighted by atomic mass is 9.96. The number of carboxylic acids is 1. The zero-order chi connectivity index (χ0) is 14.3. The maximum atomic E-state index is 12.1. The smallest absolute Gasteiger partial charge is 0.329 e. The first-order chi connectivity index (χ1) is 8.28. The van der Waals surface area contributed by atoms with Gasteiger partial charge in [0.1, 0.15) is 5.54 Å². The molecule has 0 saturated heterocycles. The first-order valence-electron chi connectivity index (χ1n) is 6.21. The molecule has 0 aliphatic rings. The first-order valence-corrected chi connectivity index (χ1v) is 6.21. The van der Waals surface area contributed by atoms with E-state index in [-0.39, 0.29) is 12.1 Å². The topological polar surface area (TPSA) is 69.6 Å². The Morgan fingerprint density at radius 2 is 2.06 bits per heavy atom. The van der Waals surface area contributed by atoms with E-state index in [0.29, 0.717) is 19.4 Å². The Hall–Kier alpha value is -1.52. The van der Waals surface area contributed by atoms with Gasteiger partial charge in [0.25, 0.3) is 0 Å². The Kier molecular flexibility index (Phi) is 6.44. The normalized spacial score (nSPS) is 13.8. The lowest BCUT2D eigenvalue weighted by molar-refractivity contribution is -0.144. The van der Waals surface area contributed by atoms with Gasteiger partial charge >= 0.3 is 12.0 Å². The van der Waals surface area contributed by atoms with E-state index in [9.17, 15) is 14.7 Å². The lowest BCUT2D eigenvalue weighted by Gasteiger charge is -2.32. The number of urea groups is 1. The summed E-state index contributed by atoms with van der Waals surface area (Å²) in [5.41, 5.74) is -1.22. The van der Waals surface area contributed by atoms with Crippen molar-refractivity contribution in [3.8, 4) is 0 Å². The summed E-state index contributed by atoms with van der Waals surface area (Å²) >= 11 is 0. The van der Waals surface area contributed by atoms with Gasteiger partial charge in [-0.15, -0.1) is 6.58 Å². The molecule has 0 spiro atoms. The van der Waals surface area contributed by atoms with E-state index in [1.165, 1.54) is 6.92 Å². The van der Waals surface area contributed by atoms with Crippen LogP contribution in [0.4, 0.5) is 4.79 Å². The monoisotopic (exact) mass is 256 g/mol. The van der Waals surface area contributed by atoms with Gasteiger partial charge < -0.3 is 15.3 Å². The predicted molar refractivity (Wildman–Crippen MR) is 71.5 cm³/mol. The zero-order valence-corrected chi connectivity index (χ0v) is 11.7. The van der Waals surface area contributed by atoms with E-state index in [1.54, 1.807) is 11.0 Å². The van der Waals surface area contributed by atoms with Crippen LogP contribution in [0.5, 0.6) is 0 Å². The minimum Gasteiger partial charge on any atom is -0.480 e. The minimum atomic E-state index is -1.22. The molecular formula is C13H24N2O3. The second kappa shape index (κ2) is 7.03. The molecule has 0 heterocycles. The number of amides is 2. The van der Waals surface area contributed by atoms with Crippen LogP contribution in [0.25, 0.3) is 0 Å². The van der Waals surface area contributed by atoms with Crippen LogP contribution < -0.4 is 5.32 Å². The number of nitrogens with one attached hydrogen (secondary N) is 1. The van der Waals surface area contributed by atoms with Crippen molar-refractivity contribution in [3.05, 3.63) is 12.7 Å². The summed E-state index contributed by atoms with van der Waals surface area (Å²) in [4.78, 5) is 24.9. The highest BCUT2D eigenvalue weighted by molar-refractivity contribution is 5.86. The van der Waals surface area contributed by atoms with Crippen molar-refractivity contribution in [2.24, 2.45) is 0 Å². The number of nitrogens with zero attached hydrogens (tertiary/aromatic N) is 1. The fraction of sp³-hybridized carbons (Fsp3) is 0.692. The van der Waals surface area contributed by atoms with Crippen molar-refractivity contribution < 1.29 is 14.7 Å². The summed E-state index contributed by atoms with van der Waals surface area (Å²) in [6, 6.07) is -0.383. The largest absolute Gasteiger partial charge is 0.480 e. The van der Waals surface area contributed by atoms with Gasteiger partial charge in [-0.3, -0.25) is 0 Å². The Balaban J connectivity index is 4.87. The van der Waals surface area contributed by atoms with Gasteiger partial charge in [-0.2, -0.15) is 0 Å². The summed E-state index contributed by atoms with van der Waals surface area (Å²) < 4.78 is 0. The number of rotatable bonds is 7. The van der Waals surface area contributed by atoms with Gasteiger partial charge in [-0.05, 0) is 27.2 Å². The molecule has 0 bridgehead atoms. The molecule has 5 nitrogen and oxygen atoms in total. The van der Waals surface area contributed by atoms with Gasteiger partial charge in [0.05, 0.1) is 0 Å². The third-order valence-corrected chi connectivity index (χ3v) is 2.81. The molecule has 1 unspecified atom stereocenters. The average molecular weight is 256 g/mol. The van der Waals surface area contributed by atoms with Crippen molar-refractivity contribution in [2.75, 3.05) is 6.54 Å². The van der Waals surface area contributed by atoms with Crippen molar-refractivity contribution in [1.29, 1.82) is 0 Å². The summed E-state index contributed by atoms with van der Waals surface area (Å²) in [5, 5.41) is 11.8. The van der Waals surface area contributed by atoms with Gasteiger partial charge in [-0.25, -0.2) is 9.59 Å². The van der Waals surface area contributed by atoms with Gasteiger partial charge in [-0.1, -0.05) is 19.4 Å². The maximum absolute atomic E-state index is 12.1. The van der Waals surface area contributed by atoms with Crippen LogP contribution >= 0.6 is 0 Å². The molecule has 0 aliphatic heterocycles. The quantitative estimate of drug-likeness (QED) is 0.686. The summed E-state index contributed by atoms with van der Waals surface area (Å²) in [6.07, 6.45) is 2.71. The molecule has 104 valence electrons. The molecule has 0 aromatic heterocycles. The molecule has 2 N–H and O–H groups in total. The number of hydrogen-bond donors (Lipinski definition) is 2. The van der Waals surface area contributed by atoms with Crippen molar-refractivity contribution in [2.45, 2.75) is 52.1 Å². The Morgan fingerprint density at radius 3 is 2.39 bits per heavy atom. The average Bonchev–Trinajstić information content (AvgIpc) is 2.25. The Morgan fingerprint density at radius 1 is 1.50 bits per heavy atom. The molecule has 0 radical (unpaired) electrons. The first kappa shape index (κ1) is 16.5. The number of aliphatic carboxylic acids is 1. The molecule has 0 aromatic rings. The summed E-state index contributed by atoms with van der Waals surface area (Å²) in [5.74, 6) is -1.01. The Labute approximate surface area is 109 Å². The molecule has 0 fully saturated rings. The summed E-state index contributed by atoms with van der Waals surface area (Å²) in [7, 11) is 0. The fourth-order valence-corrected chi connectivity index (χ4v) is 1.70. The second-order valence-corrected chi connectivity index (χ2v) is 4.85. The van der Waals surface area contributed by atoms with Gasteiger partial charge in [0, 0.05) is 12.6 Å². The predicted octanol–water partition coefficient (Wildman–Crippen LogP) is 2.24. The van der Waals surface area contributed by atoms with E-state index in [1.807, 2.05) is 20.8 Å². The van der Waals surface area contributed by atoms with Gasteiger partial charge in [0.15, 0.2) is 0 Å². The molecule has 0 rings (SSSR count). The lowest BCUT2D eigenvalue weighted by Crippen LogP contribution is -2.57. The van der Waals surface area contributed by atoms with Crippen LogP contribution in [0.3, 0.4) is 0 Å². The third kappa shape index (κ3) is 4.39. The van der Waals surface area contributed by atoms with Crippen LogP contribution in [0.15, 0.2) is 12.7 Å². The van der Waals surface area contributed by atoms with E-state index in [0.717, 1.165) is 0 Å². The van der Waals surface area contributed by atoms with E-state index in [4.69, 9.17) is 0 Å². The SMILES string of the molecule is C=CCN(C(=O)NC(C)(CCC)C(=O)O)C(C)C. The second-order valence-electron chi connectivity index (χ2n) is 4.85. The molecule has 0 saturated carbocycles. The highest BCUT2D eigenvalue weighted by atomic mass is 16.4. The van der Waals surface area contributed by atoms with Crippen LogP contribution in [-0.4, -0.2) is 40.1 Å². The van der Waals surface area contributed by atoms with E-state index < -0.39 is 11.5 Å². The number of hydrogen-bond acceptors (Lipinski definition) is 2. The van der Waals surface area contributed by atoms with Crippen LogP contribution in [0.1, 0.15) is 40.5 Å². The third-order valence-electron chi connectivity index (χ3n) is 2.81. The molecule has 5 heteroatoms. The molecule has 0 aliphatic carbocycles. The van der Waals surface area contributed by atoms with E-state index >= 15 is 0 Å². The number of carboxylic acid groups (broad SMARTS) is 1. The van der Waals surface area contributed by atoms with Gasteiger partial charge in [0.2, 0.25) is 0 Å². The minimum absolute atomic E-state index is 0.0114. The highest BCUT2D eigenvalue weighted by Crippen LogP contribution is 2.14. The van der Waals surface area contributed by atoms with Crippen molar-refractivity contribution in [3.63, 3.8) is 0 Å².